The number of nitrogens with one attached hydrogen (secondary N) is 1. The van der Waals surface area contributed by atoms with Crippen molar-refractivity contribution in [3.8, 4) is 0 Å². The number of rotatable bonds is 4. The van der Waals surface area contributed by atoms with Crippen molar-refractivity contribution in [2.75, 3.05) is 26.3 Å². The average molecular weight is 249 g/mol. The van der Waals surface area contributed by atoms with E-state index in [0.717, 1.165) is 25.2 Å². The zero-order valence-corrected chi connectivity index (χ0v) is 10.3. The third kappa shape index (κ3) is 3.29. The van der Waals surface area contributed by atoms with Crippen molar-refractivity contribution in [2.24, 2.45) is 5.73 Å². The molecule has 0 aromatic heterocycles. The highest BCUT2D eigenvalue weighted by atomic mass is 16.5. The lowest BCUT2D eigenvalue weighted by molar-refractivity contribution is -0.0551. The second kappa shape index (κ2) is 5.95. The van der Waals surface area contributed by atoms with E-state index in [1.54, 1.807) is 0 Å². The van der Waals surface area contributed by atoms with Gasteiger partial charge in [-0.15, -0.1) is 0 Å². The van der Waals surface area contributed by atoms with Gasteiger partial charge < -0.3 is 15.6 Å². The van der Waals surface area contributed by atoms with Crippen LogP contribution in [-0.4, -0.2) is 48.2 Å². The van der Waals surface area contributed by atoms with Crippen LogP contribution in [0.15, 0.2) is 24.3 Å². The fraction of sp³-hybridized carbons (Fsp3) is 0.462. The Hall–Kier alpha value is -1.43. The van der Waals surface area contributed by atoms with Gasteiger partial charge in [-0.25, -0.2) is 0 Å². The first kappa shape index (κ1) is 13.0. The first-order valence-electron chi connectivity index (χ1n) is 6.07. The second-order valence-electron chi connectivity index (χ2n) is 4.52. The standard InChI is InChI=1S/C13H19N3O2/c14-13(15)11-3-1-10(2-4-11)7-16-5-6-18-12(8-16)9-17/h1-4,12,17H,5-9H2,(H3,14,15). The van der Waals surface area contributed by atoms with Crippen molar-refractivity contribution in [3.05, 3.63) is 35.4 Å². The number of ether oxygens (including phenoxy) is 1. The maximum atomic E-state index is 9.08. The van der Waals surface area contributed by atoms with Crippen LogP contribution in [0.4, 0.5) is 0 Å². The predicted molar refractivity (Wildman–Crippen MR) is 69.6 cm³/mol. The fourth-order valence-electron chi connectivity index (χ4n) is 2.08. The molecule has 1 fully saturated rings. The van der Waals surface area contributed by atoms with Crippen LogP contribution < -0.4 is 5.73 Å². The van der Waals surface area contributed by atoms with E-state index in [4.69, 9.17) is 21.0 Å². The lowest BCUT2D eigenvalue weighted by Crippen LogP contribution is -2.43. The third-order valence-corrected chi connectivity index (χ3v) is 3.10. The van der Waals surface area contributed by atoms with Gasteiger partial charge in [-0.3, -0.25) is 10.3 Å². The molecule has 1 saturated heterocycles. The molecule has 0 bridgehead atoms. The van der Waals surface area contributed by atoms with Gasteiger partial charge in [0.2, 0.25) is 0 Å². The summed E-state index contributed by atoms with van der Waals surface area (Å²) in [6, 6.07) is 7.70. The zero-order valence-electron chi connectivity index (χ0n) is 10.3. The number of aliphatic hydroxyl groups excluding tert-OH is 1. The molecular formula is C13H19N3O2. The summed E-state index contributed by atoms with van der Waals surface area (Å²) in [6.07, 6.45) is -0.0738. The maximum absolute atomic E-state index is 9.08. The fourth-order valence-corrected chi connectivity index (χ4v) is 2.08. The Morgan fingerprint density at radius 3 is 2.78 bits per heavy atom. The number of morpholine rings is 1. The summed E-state index contributed by atoms with van der Waals surface area (Å²) in [7, 11) is 0. The smallest absolute Gasteiger partial charge is 0.122 e. The number of nitrogens with zero attached hydrogens (tertiary/aromatic N) is 1. The molecule has 1 aliphatic rings. The van der Waals surface area contributed by atoms with Gasteiger partial charge in [0, 0.05) is 25.2 Å². The highest BCUT2D eigenvalue weighted by molar-refractivity contribution is 5.94. The summed E-state index contributed by atoms with van der Waals surface area (Å²) in [6.45, 7) is 3.20. The quantitative estimate of drug-likeness (QED) is 0.524. The molecule has 18 heavy (non-hydrogen) atoms. The highest BCUT2D eigenvalue weighted by Crippen LogP contribution is 2.11. The van der Waals surface area contributed by atoms with Crippen molar-refractivity contribution in [1.29, 1.82) is 5.41 Å². The van der Waals surface area contributed by atoms with E-state index in [1.807, 2.05) is 24.3 Å². The molecular weight excluding hydrogens is 230 g/mol. The largest absolute Gasteiger partial charge is 0.394 e. The van der Waals surface area contributed by atoms with Crippen LogP contribution >= 0.6 is 0 Å². The Bertz CT molecular complexity index is 405. The van der Waals surface area contributed by atoms with Crippen molar-refractivity contribution in [1.82, 2.24) is 4.90 Å². The Morgan fingerprint density at radius 1 is 1.44 bits per heavy atom. The molecule has 1 unspecified atom stereocenters. The Labute approximate surface area is 107 Å². The van der Waals surface area contributed by atoms with Gasteiger partial charge in [0.1, 0.15) is 5.84 Å². The number of nitrogen functional groups attached to an aromatic ring is 1. The summed E-state index contributed by atoms with van der Waals surface area (Å²) in [4.78, 5) is 2.26. The van der Waals surface area contributed by atoms with Crippen LogP contribution in [0.3, 0.4) is 0 Å². The molecule has 0 saturated carbocycles. The van der Waals surface area contributed by atoms with E-state index in [2.05, 4.69) is 4.90 Å². The molecule has 0 amide bonds. The molecule has 1 aliphatic heterocycles. The summed E-state index contributed by atoms with van der Waals surface area (Å²) in [5.41, 5.74) is 7.34. The zero-order chi connectivity index (χ0) is 13.0. The highest BCUT2D eigenvalue weighted by Gasteiger charge is 2.19. The van der Waals surface area contributed by atoms with Gasteiger partial charge in [-0.2, -0.15) is 0 Å². The Balaban J connectivity index is 1.94. The van der Waals surface area contributed by atoms with Crippen molar-refractivity contribution >= 4 is 5.84 Å². The topological polar surface area (TPSA) is 82.6 Å². The molecule has 4 N–H and O–H groups in total. The number of amidine groups is 1. The van der Waals surface area contributed by atoms with Crippen molar-refractivity contribution < 1.29 is 9.84 Å². The minimum Gasteiger partial charge on any atom is -0.394 e. The molecule has 1 aromatic rings. The number of hydrogen-bond donors (Lipinski definition) is 3. The summed E-state index contributed by atoms with van der Waals surface area (Å²) in [5.74, 6) is 0.0910. The van der Waals surface area contributed by atoms with Gasteiger partial charge in [0.05, 0.1) is 19.3 Å². The first-order valence-corrected chi connectivity index (χ1v) is 6.07. The number of hydrogen-bond acceptors (Lipinski definition) is 4. The minimum absolute atomic E-state index is 0.0692. The molecule has 1 aromatic carbocycles. The first-order chi connectivity index (χ1) is 8.69. The minimum atomic E-state index is -0.0738. The molecule has 5 nitrogen and oxygen atoms in total. The van der Waals surface area contributed by atoms with E-state index < -0.39 is 0 Å². The van der Waals surface area contributed by atoms with Crippen LogP contribution in [-0.2, 0) is 11.3 Å². The molecule has 0 spiro atoms. The van der Waals surface area contributed by atoms with E-state index in [9.17, 15) is 0 Å². The summed E-state index contributed by atoms with van der Waals surface area (Å²) >= 11 is 0. The molecule has 0 aliphatic carbocycles. The molecule has 98 valence electrons. The predicted octanol–water partition coefficient (Wildman–Crippen LogP) is 0.164. The van der Waals surface area contributed by atoms with Crippen LogP contribution in [0.2, 0.25) is 0 Å². The van der Waals surface area contributed by atoms with Gasteiger partial charge in [-0.05, 0) is 5.56 Å². The van der Waals surface area contributed by atoms with Crippen molar-refractivity contribution in [2.45, 2.75) is 12.6 Å². The van der Waals surface area contributed by atoms with E-state index >= 15 is 0 Å². The van der Waals surface area contributed by atoms with Crippen LogP contribution in [0.5, 0.6) is 0 Å². The van der Waals surface area contributed by atoms with Gasteiger partial charge in [-0.1, -0.05) is 24.3 Å². The van der Waals surface area contributed by atoms with Crippen LogP contribution in [0, 0.1) is 5.41 Å². The average Bonchev–Trinajstić information content (AvgIpc) is 2.39. The summed E-state index contributed by atoms with van der Waals surface area (Å²) < 4.78 is 5.41. The van der Waals surface area contributed by atoms with E-state index in [0.29, 0.717) is 6.61 Å². The molecule has 5 heteroatoms. The Kier molecular flexibility index (Phi) is 4.30. The molecule has 0 radical (unpaired) electrons. The van der Waals surface area contributed by atoms with Gasteiger partial charge >= 0.3 is 0 Å². The lowest BCUT2D eigenvalue weighted by Gasteiger charge is -2.32. The maximum Gasteiger partial charge on any atom is 0.122 e. The number of nitrogens with two attached hydrogens (primary N) is 1. The Morgan fingerprint density at radius 2 is 2.17 bits per heavy atom. The van der Waals surface area contributed by atoms with E-state index in [-0.39, 0.29) is 18.5 Å². The SMILES string of the molecule is N=C(N)c1ccc(CN2CCOC(CO)C2)cc1. The van der Waals surface area contributed by atoms with Gasteiger partial charge in [0.25, 0.3) is 0 Å². The third-order valence-electron chi connectivity index (χ3n) is 3.10. The second-order valence-corrected chi connectivity index (χ2v) is 4.52. The summed E-state index contributed by atoms with van der Waals surface area (Å²) in [5, 5.41) is 16.4. The van der Waals surface area contributed by atoms with Crippen LogP contribution in [0.1, 0.15) is 11.1 Å². The molecule has 1 atom stereocenters. The van der Waals surface area contributed by atoms with Gasteiger partial charge in [0.15, 0.2) is 0 Å². The van der Waals surface area contributed by atoms with Crippen LogP contribution in [0.25, 0.3) is 0 Å². The normalized spacial score (nSPS) is 20.8. The van der Waals surface area contributed by atoms with E-state index in [1.165, 1.54) is 5.56 Å². The number of benzene rings is 1. The lowest BCUT2D eigenvalue weighted by atomic mass is 10.1. The van der Waals surface area contributed by atoms with Crippen molar-refractivity contribution in [3.63, 3.8) is 0 Å². The number of aliphatic hydroxyl groups is 1. The molecule has 1 heterocycles. The monoisotopic (exact) mass is 249 g/mol. The molecule has 2 rings (SSSR count).